The Morgan fingerprint density at radius 2 is 2.20 bits per heavy atom. The summed E-state index contributed by atoms with van der Waals surface area (Å²) >= 11 is 0. The molecule has 1 aliphatic heterocycles. The van der Waals surface area contributed by atoms with E-state index < -0.39 is 0 Å². The van der Waals surface area contributed by atoms with Crippen LogP contribution < -0.4 is 0 Å². The normalized spacial score (nSPS) is 20.4. The van der Waals surface area contributed by atoms with Crippen LogP contribution in [0.5, 0.6) is 0 Å². The van der Waals surface area contributed by atoms with E-state index in [4.69, 9.17) is 0 Å². The van der Waals surface area contributed by atoms with E-state index in [1.54, 1.807) is 11.0 Å². The van der Waals surface area contributed by atoms with Crippen LogP contribution in [0.3, 0.4) is 0 Å². The molecule has 3 nitrogen and oxygen atoms in total. The Kier molecular flexibility index (Phi) is 4.06. The number of rotatable bonds is 5. The molecule has 1 rings (SSSR count). The summed E-state index contributed by atoms with van der Waals surface area (Å²) in [5.41, 5.74) is 0. The molecule has 0 saturated carbocycles. The van der Waals surface area contributed by atoms with Gasteiger partial charge in [-0.05, 0) is 13.3 Å². The molecule has 0 fully saturated rings. The van der Waals surface area contributed by atoms with Crippen LogP contribution in [0.4, 0.5) is 0 Å². The molecule has 1 amide bonds. The van der Waals surface area contributed by atoms with Gasteiger partial charge >= 0.3 is 0 Å². The number of carbonyl (C=O) groups is 2. The summed E-state index contributed by atoms with van der Waals surface area (Å²) in [7, 11) is 0. The quantitative estimate of drug-likeness (QED) is 0.692. The Hall–Kier alpha value is -1.12. The number of nitrogens with zero attached hydrogens (tertiary/aromatic N) is 1. The summed E-state index contributed by atoms with van der Waals surface area (Å²) in [6, 6.07) is 0.187. The minimum atomic E-state index is 0.0690. The van der Waals surface area contributed by atoms with Gasteiger partial charge in [0.05, 0.1) is 0 Å². The van der Waals surface area contributed by atoms with E-state index in [9.17, 15) is 9.59 Å². The minimum Gasteiger partial charge on any atom is -0.333 e. The van der Waals surface area contributed by atoms with E-state index in [2.05, 4.69) is 0 Å². The first kappa shape index (κ1) is 12.0. The molecule has 1 unspecified atom stereocenters. The topological polar surface area (TPSA) is 37.4 Å². The van der Waals surface area contributed by atoms with Crippen LogP contribution in [0.2, 0.25) is 0 Å². The van der Waals surface area contributed by atoms with Crippen molar-refractivity contribution >= 4 is 11.7 Å². The van der Waals surface area contributed by atoms with Crippen LogP contribution in [0.25, 0.3) is 0 Å². The second-order valence-corrected chi connectivity index (χ2v) is 4.36. The zero-order chi connectivity index (χ0) is 11.4. The summed E-state index contributed by atoms with van der Waals surface area (Å²) in [5.74, 6) is 0.455. The molecule has 1 aliphatic rings. The monoisotopic (exact) mass is 209 g/mol. The SMILES string of the molecule is CC(C)C(=O)CCCN1C(=O)C=CC1C. The summed E-state index contributed by atoms with van der Waals surface area (Å²) in [5, 5.41) is 0. The molecular formula is C12H19NO2. The van der Waals surface area contributed by atoms with Gasteiger partial charge in [0.1, 0.15) is 5.78 Å². The van der Waals surface area contributed by atoms with E-state index >= 15 is 0 Å². The minimum absolute atomic E-state index is 0.0690. The molecule has 0 N–H and O–H groups in total. The summed E-state index contributed by atoms with van der Waals surface area (Å²) in [6.07, 6.45) is 4.85. The maximum Gasteiger partial charge on any atom is 0.246 e. The largest absolute Gasteiger partial charge is 0.333 e. The summed E-state index contributed by atoms with van der Waals surface area (Å²) in [6.45, 7) is 6.50. The van der Waals surface area contributed by atoms with Gasteiger partial charge in [0, 0.05) is 31.0 Å². The molecular weight excluding hydrogens is 190 g/mol. The van der Waals surface area contributed by atoms with Gasteiger partial charge in [-0.3, -0.25) is 9.59 Å². The van der Waals surface area contributed by atoms with Crippen molar-refractivity contribution in [3.8, 4) is 0 Å². The number of hydrogen-bond donors (Lipinski definition) is 0. The molecule has 1 heterocycles. The highest BCUT2D eigenvalue weighted by Crippen LogP contribution is 2.12. The lowest BCUT2D eigenvalue weighted by Crippen LogP contribution is -2.33. The van der Waals surface area contributed by atoms with Crippen molar-refractivity contribution in [2.45, 2.75) is 39.7 Å². The van der Waals surface area contributed by atoms with E-state index in [0.29, 0.717) is 13.0 Å². The van der Waals surface area contributed by atoms with Gasteiger partial charge in [-0.1, -0.05) is 19.9 Å². The molecule has 84 valence electrons. The maximum atomic E-state index is 11.4. The Bertz CT molecular complexity index is 281. The highest BCUT2D eigenvalue weighted by molar-refractivity contribution is 5.90. The van der Waals surface area contributed by atoms with Gasteiger partial charge in [-0.2, -0.15) is 0 Å². The number of ketones is 1. The molecule has 0 aliphatic carbocycles. The van der Waals surface area contributed by atoms with Crippen molar-refractivity contribution in [1.29, 1.82) is 0 Å². The van der Waals surface area contributed by atoms with Crippen LogP contribution in [0.15, 0.2) is 12.2 Å². The molecule has 0 saturated heterocycles. The first-order valence-electron chi connectivity index (χ1n) is 5.54. The van der Waals surface area contributed by atoms with Crippen LogP contribution in [0.1, 0.15) is 33.6 Å². The van der Waals surface area contributed by atoms with E-state index in [1.165, 1.54) is 0 Å². The fraction of sp³-hybridized carbons (Fsp3) is 0.667. The third kappa shape index (κ3) is 3.18. The van der Waals surface area contributed by atoms with Crippen molar-refractivity contribution in [1.82, 2.24) is 4.90 Å². The van der Waals surface area contributed by atoms with Gasteiger partial charge in [0.2, 0.25) is 5.91 Å². The number of amides is 1. The van der Waals surface area contributed by atoms with Gasteiger partial charge in [0.15, 0.2) is 0 Å². The van der Waals surface area contributed by atoms with Crippen LogP contribution in [-0.2, 0) is 9.59 Å². The van der Waals surface area contributed by atoms with Crippen LogP contribution in [-0.4, -0.2) is 29.2 Å². The Morgan fingerprint density at radius 1 is 1.53 bits per heavy atom. The fourth-order valence-electron chi connectivity index (χ4n) is 1.65. The second-order valence-electron chi connectivity index (χ2n) is 4.36. The number of hydrogen-bond acceptors (Lipinski definition) is 2. The molecule has 0 radical (unpaired) electrons. The summed E-state index contributed by atoms with van der Waals surface area (Å²) in [4.78, 5) is 24.5. The van der Waals surface area contributed by atoms with Crippen LogP contribution >= 0.6 is 0 Å². The molecule has 1 atom stereocenters. The molecule has 0 aromatic heterocycles. The highest BCUT2D eigenvalue weighted by Gasteiger charge is 2.21. The maximum absolute atomic E-state index is 11.4. The van der Waals surface area contributed by atoms with Crippen LogP contribution in [0, 0.1) is 5.92 Å². The third-order valence-corrected chi connectivity index (χ3v) is 2.76. The fourth-order valence-corrected chi connectivity index (χ4v) is 1.65. The highest BCUT2D eigenvalue weighted by atomic mass is 16.2. The first-order chi connectivity index (χ1) is 7.02. The Labute approximate surface area is 91.1 Å². The van der Waals surface area contributed by atoms with Crippen molar-refractivity contribution < 1.29 is 9.59 Å². The molecule has 0 aromatic rings. The van der Waals surface area contributed by atoms with Gasteiger partial charge < -0.3 is 4.90 Å². The van der Waals surface area contributed by atoms with Crippen molar-refractivity contribution in [2.75, 3.05) is 6.54 Å². The third-order valence-electron chi connectivity index (χ3n) is 2.76. The summed E-state index contributed by atoms with van der Waals surface area (Å²) < 4.78 is 0. The van der Waals surface area contributed by atoms with E-state index in [0.717, 1.165) is 6.42 Å². The van der Waals surface area contributed by atoms with Crippen molar-refractivity contribution in [3.63, 3.8) is 0 Å². The number of Topliss-reactive ketones (excluding diaryl/α,β-unsaturated/α-hetero) is 1. The Balaban J connectivity index is 2.26. The van der Waals surface area contributed by atoms with Gasteiger partial charge in [-0.25, -0.2) is 0 Å². The molecule has 3 heteroatoms. The standard InChI is InChI=1S/C12H19NO2/c1-9(2)11(14)5-4-8-13-10(3)6-7-12(13)15/h6-7,9-10H,4-5,8H2,1-3H3. The average molecular weight is 209 g/mol. The lowest BCUT2D eigenvalue weighted by Gasteiger charge is -2.21. The predicted octanol–water partition coefficient (Wildman–Crippen LogP) is 1.78. The lowest BCUT2D eigenvalue weighted by molar-refractivity contribution is -0.127. The number of carbonyl (C=O) groups excluding carboxylic acids is 2. The molecule has 0 bridgehead atoms. The molecule has 15 heavy (non-hydrogen) atoms. The second kappa shape index (κ2) is 5.10. The van der Waals surface area contributed by atoms with Crippen molar-refractivity contribution in [3.05, 3.63) is 12.2 Å². The Morgan fingerprint density at radius 3 is 2.67 bits per heavy atom. The first-order valence-corrected chi connectivity index (χ1v) is 5.54. The zero-order valence-corrected chi connectivity index (χ0v) is 9.69. The van der Waals surface area contributed by atoms with Gasteiger partial charge in [0.25, 0.3) is 0 Å². The van der Waals surface area contributed by atoms with Gasteiger partial charge in [-0.15, -0.1) is 0 Å². The molecule has 0 spiro atoms. The van der Waals surface area contributed by atoms with E-state index in [-0.39, 0.29) is 23.7 Å². The van der Waals surface area contributed by atoms with E-state index in [1.807, 2.05) is 26.8 Å². The molecule has 0 aromatic carbocycles. The predicted molar refractivity (Wildman–Crippen MR) is 59.4 cm³/mol. The lowest BCUT2D eigenvalue weighted by atomic mass is 10.0. The van der Waals surface area contributed by atoms with Crippen molar-refractivity contribution in [2.24, 2.45) is 5.92 Å². The smallest absolute Gasteiger partial charge is 0.246 e. The zero-order valence-electron chi connectivity index (χ0n) is 9.69. The average Bonchev–Trinajstić information content (AvgIpc) is 2.48.